The fraction of sp³-hybridized carbons (Fsp3) is 0.333. The molecule has 0 aliphatic rings. The van der Waals surface area contributed by atoms with Crippen molar-refractivity contribution in [1.29, 1.82) is 0 Å². The van der Waals surface area contributed by atoms with E-state index in [4.69, 9.17) is 5.11 Å². The molecule has 0 unspecified atom stereocenters. The first-order chi connectivity index (χ1) is 9.69. The molecule has 0 amide bonds. The van der Waals surface area contributed by atoms with Gasteiger partial charge in [0.15, 0.2) is 0 Å². The van der Waals surface area contributed by atoms with Crippen molar-refractivity contribution < 1.29 is 10.0 Å². The molecule has 0 spiro atoms. The van der Waals surface area contributed by atoms with Crippen molar-refractivity contribution in [3.8, 4) is 0 Å². The first-order valence-corrected chi connectivity index (χ1v) is 6.13. The number of non-ortho nitro benzene ring substituents is 1. The fourth-order valence-corrected chi connectivity index (χ4v) is 1.75. The van der Waals surface area contributed by atoms with Gasteiger partial charge in [-0.2, -0.15) is 0 Å². The van der Waals surface area contributed by atoms with E-state index in [0.717, 1.165) is 11.3 Å². The van der Waals surface area contributed by atoms with E-state index in [2.05, 4.69) is 15.6 Å². The highest BCUT2D eigenvalue weighted by atomic mass is 16.6. The minimum absolute atomic E-state index is 0.0178. The molecule has 2 rings (SSSR count). The Balaban J connectivity index is 1.85. The number of nitrogens with one attached hydrogen (secondary N) is 1. The molecule has 0 aliphatic carbocycles. The van der Waals surface area contributed by atoms with Gasteiger partial charge in [0.1, 0.15) is 0 Å². The summed E-state index contributed by atoms with van der Waals surface area (Å²) in [5.41, 5.74) is 1.67. The van der Waals surface area contributed by atoms with Crippen LogP contribution in [0.4, 0.5) is 5.69 Å². The number of aliphatic hydroxyl groups is 1. The van der Waals surface area contributed by atoms with Gasteiger partial charge in [-0.25, -0.2) is 4.68 Å². The Kier molecular flexibility index (Phi) is 4.75. The maximum absolute atomic E-state index is 10.7. The smallest absolute Gasteiger partial charge is 0.269 e. The largest absolute Gasteiger partial charge is 0.394 e. The molecule has 8 nitrogen and oxygen atoms in total. The van der Waals surface area contributed by atoms with Gasteiger partial charge < -0.3 is 10.4 Å². The second-order valence-electron chi connectivity index (χ2n) is 4.23. The summed E-state index contributed by atoms with van der Waals surface area (Å²) in [5.74, 6) is 0. The van der Waals surface area contributed by atoms with Crippen molar-refractivity contribution >= 4 is 5.69 Å². The van der Waals surface area contributed by atoms with Gasteiger partial charge in [-0.05, 0) is 5.56 Å². The van der Waals surface area contributed by atoms with Gasteiger partial charge >= 0.3 is 0 Å². The number of benzene rings is 1. The van der Waals surface area contributed by atoms with Gasteiger partial charge in [-0.3, -0.25) is 10.1 Å². The molecule has 1 heterocycles. The number of nitro groups is 1. The normalized spacial score (nSPS) is 10.7. The van der Waals surface area contributed by atoms with Gasteiger partial charge in [0.05, 0.1) is 23.8 Å². The molecule has 0 bridgehead atoms. The zero-order chi connectivity index (χ0) is 14.4. The Morgan fingerprint density at radius 2 is 2.25 bits per heavy atom. The summed E-state index contributed by atoms with van der Waals surface area (Å²) in [7, 11) is 0. The highest BCUT2D eigenvalue weighted by Crippen LogP contribution is 2.12. The third-order valence-electron chi connectivity index (χ3n) is 2.67. The molecule has 0 radical (unpaired) electrons. The number of aliphatic hydroxyl groups excluding tert-OH is 1. The topological polar surface area (TPSA) is 106 Å². The Morgan fingerprint density at radius 1 is 1.40 bits per heavy atom. The van der Waals surface area contributed by atoms with Crippen molar-refractivity contribution in [2.24, 2.45) is 0 Å². The molecular weight excluding hydrogens is 262 g/mol. The Labute approximate surface area is 115 Å². The highest BCUT2D eigenvalue weighted by Gasteiger charge is 2.05. The summed E-state index contributed by atoms with van der Waals surface area (Å²) in [6, 6.07) is 6.48. The predicted molar refractivity (Wildman–Crippen MR) is 70.7 cm³/mol. The van der Waals surface area contributed by atoms with Crippen LogP contribution in [0.1, 0.15) is 11.3 Å². The number of rotatable bonds is 7. The minimum Gasteiger partial charge on any atom is -0.394 e. The molecule has 1 aromatic heterocycles. The summed E-state index contributed by atoms with van der Waals surface area (Å²) >= 11 is 0. The fourth-order valence-electron chi connectivity index (χ4n) is 1.75. The van der Waals surface area contributed by atoms with E-state index in [9.17, 15) is 10.1 Å². The SMILES string of the molecule is O=[N+]([O-])c1cccc(CNCc2cn(CCO)nn2)c1. The molecule has 2 aromatic rings. The van der Waals surface area contributed by atoms with E-state index < -0.39 is 4.92 Å². The number of nitro benzene ring substituents is 1. The third kappa shape index (κ3) is 3.84. The molecule has 8 heteroatoms. The lowest BCUT2D eigenvalue weighted by Crippen LogP contribution is -2.13. The Morgan fingerprint density at radius 3 is 3.00 bits per heavy atom. The van der Waals surface area contributed by atoms with E-state index in [1.165, 1.54) is 12.1 Å². The molecular formula is C12H15N5O3. The first kappa shape index (κ1) is 14.1. The van der Waals surface area contributed by atoms with Crippen LogP contribution in [0.25, 0.3) is 0 Å². The van der Waals surface area contributed by atoms with Gasteiger partial charge in [-0.1, -0.05) is 17.3 Å². The van der Waals surface area contributed by atoms with Crippen molar-refractivity contribution in [3.63, 3.8) is 0 Å². The quantitative estimate of drug-likeness (QED) is 0.563. The maximum atomic E-state index is 10.7. The van der Waals surface area contributed by atoms with Gasteiger partial charge in [0, 0.05) is 31.4 Å². The average molecular weight is 277 g/mol. The molecule has 0 saturated heterocycles. The van der Waals surface area contributed by atoms with Crippen LogP contribution in [0.5, 0.6) is 0 Å². The first-order valence-electron chi connectivity index (χ1n) is 6.13. The second kappa shape index (κ2) is 6.73. The van der Waals surface area contributed by atoms with Gasteiger partial charge in [0.2, 0.25) is 0 Å². The molecule has 20 heavy (non-hydrogen) atoms. The molecule has 1 aromatic carbocycles. The highest BCUT2D eigenvalue weighted by molar-refractivity contribution is 5.34. The van der Waals surface area contributed by atoms with Crippen LogP contribution >= 0.6 is 0 Å². The van der Waals surface area contributed by atoms with Crippen LogP contribution in [0.15, 0.2) is 30.5 Å². The van der Waals surface area contributed by atoms with E-state index in [1.54, 1.807) is 16.9 Å². The number of hydrogen-bond acceptors (Lipinski definition) is 6. The Bertz CT molecular complexity index is 584. The maximum Gasteiger partial charge on any atom is 0.269 e. The zero-order valence-corrected chi connectivity index (χ0v) is 10.8. The molecule has 0 atom stereocenters. The van der Waals surface area contributed by atoms with Crippen LogP contribution in [0.2, 0.25) is 0 Å². The van der Waals surface area contributed by atoms with Crippen LogP contribution in [-0.2, 0) is 19.6 Å². The summed E-state index contributed by atoms with van der Waals surface area (Å²) < 4.78 is 1.56. The zero-order valence-electron chi connectivity index (χ0n) is 10.8. The van der Waals surface area contributed by atoms with Crippen LogP contribution in [-0.4, -0.2) is 31.6 Å². The molecule has 0 aliphatic heterocycles. The van der Waals surface area contributed by atoms with E-state index in [1.807, 2.05) is 6.07 Å². The van der Waals surface area contributed by atoms with Crippen molar-refractivity contribution in [2.75, 3.05) is 6.61 Å². The summed E-state index contributed by atoms with van der Waals surface area (Å²) in [5, 5.41) is 30.3. The lowest BCUT2D eigenvalue weighted by Gasteiger charge is -2.02. The number of aromatic nitrogens is 3. The third-order valence-corrected chi connectivity index (χ3v) is 2.67. The van der Waals surface area contributed by atoms with Gasteiger partial charge in [0.25, 0.3) is 5.69 Å². The van der Waals surface area contributed by atoms with Gasteiger partial charge in [-0.15, -0.1) is 5.10 Å². The minimum atomic E-state index is -0.413. The number of hydrogen-bond donors (Lipinski definition) is 2. The van der Waals surface area contributed by atoms with Crippen LogP contribution in [0.3, 0.4) is 0 Å². The summed E-state index contributed by atoms with van der Waals surface area (Å²) in [6.45, 7) is 1.45. The van der Waals surface area contributed by atoms with Crippen molar-refractivity contribution in [1.82, 2.24) is 20.3 Å². The molecule has 106 valence electrons. The van der Waals surface area contributed by atoms with Crippen LogP contribution < -0.4 is 5.32 Å². The predicted octanol–water partition coefficient (Wildman–Crippen LogP) is 0.468. The monoisotopic (exact) mass is 277 g/mol. The lowest BCUT2D eigenvalue weighted by atomic mass is 10.2. The standard InChI is InChI=1S/C12H15N5O3/c18-5-4-16-9-11(14-15-16)8-13-7-10-2-1-3-12(6-10)17(19)20/h1-3,6,9,13,18H,4-5,7-8H2. The summed E-state index contributed by atoms with van der Waals surface area (Å²) in [4.78, 5) is 10.2. The van der Waals surface area contributed by atoms with Crippen molar-refractivity contribution in [2.45, 2.75) is 19.6 Å². The summed E-state index contributed by atoms with van der Waals surface area (Å²) in [6.07, 6.45) is 1.75. The molecule has 2 N–H and O–H groups in total. The number of nitrogens with zero attached hydrogens (tertiary/aromatic N) is 4. The van der Waals surface area contributed by atoms with Crippen molar-refractivity contribution in [3.05, 3.63) is 51.8 Å². The average Bonchev–Trinajstić information content (AvgIpc) is 2.87. The van der Waals surface area contributed by atoms with E-state index in [-0.39, 0.29) is 12.3 Å². The van der Waals surface area contributed by atoms with Crippen LogP contribution in [0, 0.1) is 10.1 Å². The molecule has 0 fully saturated rings. The Hall–Kier alpha value is -2.32. The second-order valence-corrected chi connectivity index (χ2v) is 4.23. The molecule has 0 saturated carbocycles. The lowest BCUT2D eigenvalue weighted by molar-refractivity contribution is -0.384. The van der Waals surface area contributed by atoms with E-state index in [0.29, 0.717) is 19.6 Å². The van der Waals surface area contributed by atoms with E-state index >= 15 is 0 Å².